The van der Waals surface area contributed by atoms with Gasteiger partial charge in [0.25, 0.3) is 5.91 Å². The Kier molecular flexibility index (Phi) is 4.64. The summed E-state index contributed by atoms with van der Waals surface area (Å²) in [6.07, 6.45) is 10.9. The Morgan fingerprint density at radius 2 is 1.97 bits per heavy atom. The molecule has 3 aliphatic rings. The van der Waals surface area contributed by atoms with E-state index in [2.05, 4.69) is 29.3 Å². The number of carbonyl (C=O) groups is 1. The van der Waals surface area contributed by atoms with Crippen LogP contribution in [0.3, 0.4) is 0 Å². The highest BCUT2D eigenvalue weighted by molar-refractivity contribution is 5.99. The first-order valence-electron chi connectivity index (χ1n) is 11.9. The number of carbonyl (C=O) groups excluding carboxylic acids is 1. The smallest absolute Gasteiger partial charge is 0.255 e. The van der Waals surface area contributed by atoms with E-state index >= 15 is 0 Å². The summed E-state index contributed by atoms with van der Waals surface area (Å²) >= 11 is 0. The summed E-state index contributed by atoms with van der Waals surface area (Å²) < 4.78 is 16.6. The van der Waals surface area contributed by atoms with Gasteiger partial charge in [0, 0.05) is 42.7 Å². The van der Waals surface area contributed by atoms with Crippen LogP contribution < -0.4 is 0 Å². The third-order valence-electron chi connectivity index (χ3n) is 7.61. The Balaban J connectivity index is 1.44. The van der Waals surface area contributed by atoms with Crippen molar-refractivity contribution in [3.63, 3.8) is 0 Å². The first-order chi connectivity index (χ1) is 15.9. The zero-order chi connectivity index (χ0) is 22.7. The van der Waals surface area contributed by atoms with E-state index in [1.54, 1.807) is 18.1 Å². The fourth-order valence-corrected chi connectivity index (χ4v) is 5.70. The lowest BCUT2D eigenvalue weighted by molar-refractivity contribution is 0.0816. The number of aryl methyl sites for hydroxylation is 1. The zero-order valence-electron chi connectivity index (χ0n) is 19.1. The summed E-state index contributed by atoms with van der Waals surface area (Å²) in [5, 5.41) is 4.66. The van der Waals surface area contributed by atoms with Crippen LogP contribution in [0, 0.1) is 5.41 Å². The third-order valence-corrected chi connectivity index (χ3v) is 7.61. The number of alkyl halides is 1. The number of aromatic nitrogens is 4. The molecule has 7 heteroatoms. The number of hydrogen-bond acceptors (Lipinski definition) is 4. The van der Waals surface area contributed by atoms with Crippen LogP contribution in [0.25, 0.3) is 22.4 Å². The van der Waals surface area contributed by atoms with Crippen molar-refractivity contribution in [1.29, 1.82) is 0 Å². The maximum atomic E-state index is 14.6. The summed E-state index contributed by atoms with van der Waals surface area (Å²) in [4.78, 5) is 23.6. The number of fused-ring (bicyclic) bond motifs is 2. The van der Waals surface area contributed by atoms with Gasteiger partial charge in [0.1, 0.15) is 6.17 Å². The topological polar surface area (TPSA) is 63.9 Å². The van der Waals surface area contributed by atoms with Gasteiger partial charge in [0.05, 0.1) is 35.4 Å². The van der Waals surface area contributed by atoms with Gasteiger partial charge in [0.15, 0.2) is 0 Å². The lowest BCUT2D eigenvalue weighted by Crippen LogP contribution is -2.19. The highest BCUT2D eigenvalue weighted by atomic mass is 19.1. The molecule has 0 radical (unpaired) electrons. The van der Waals surface area contributed by atoms with E-state index in [9.17, 15) is 9.18 Å². The second kappa shape index (κ2) is 7.47. The Hall–Kier alpha value is -3.09. The fraction of sp³-hybridized carbons (Fsp3) is 0.462. The molecule has 1 atom stereocenters. The van der Waals surface area contributed by atoms with Gasteiger partial charge in [-0.25, -0.2) is 9.37 Å². The largest absolute Gasteiger partial charge is 0.336 e. The SMILES string of the molecule is CN1Cc2ncc(-c3nc4c(cc3-c3cnn(CC5(C)CCCC5)c3)CC[C@H]4F)cc2C1=O. The predicted octanol–water partition coefficient (Wildman–Crippen LogP) is 5.13. The van der Waals surface area contributed by atoms with Crippen molar-refractivity contribution < 1.29 is 9.18 Å². The van der Waals surface area contributed by atoms with E-state index in [1.165, 1.54) is 25.7 Å². The van der Waals surface area contributed by atoms with Gasteiger partial charge >= 0.3 is 0 Å². The molecule has 33 heavy (non-hydrogen) atoms. The molecule has 170 valence electrons. The summed E-state index contributed by atoms with van der Waals surface area (Å²) in [5.41, 5.74) is 6.44. The molecule has 4 heterocycles. The number of hydrogen-bond donors (Lipinski definition) is 0. The standard InChI is InChI=1S/C26H28FN5O/c1-26(7-3-4-8-26)15-32-13-18(12-29-32)19-9-16-5-6-21(27)24(16)30-23(19)17-10-20-22(28-11-17)14-31(2)25(20)33/h9-13,21H,3-8,14-15H2,1-2H3/t21-/m1/s1. The molecular weight excluding hydrogens is 417 g/mol. The van der Waals surface area contributed by atoms with Crippen LogP contribution in [0.4, 0.5) is 4.39 Å². The van der Waals surface area contributed by atoms with Crippen molar-refractivity contribution in [2.45, 2.75) is 64.7 Å². The van der Waals surface area contributed by atoms with Crippen molar-refractivity contribution in [2.24, 2.45) is 5.41 Å². The third kappa shape index (κ3) is 3.45. The second-order valence-electron chi connectivity index (χ2n) is 10.3. The quantitative estimate of drug-likeness (QED) is 0.559. The minimum Gasteiger partial charge on any atom is -0.336 e. The Morgan fingerprint density at radius 1 is 1.15 bits per heavy atom. The van der Waals surface area contributed by atoms with Crippen LogP contribution in [-0.2, 0) is 19.5 Å². The highest BCUT2D eigenvalue weighted by Crippen LogP contribution is 2.41. The number of amides is 1. The first kappa shape index (κ1) is 20.5. The Labute approximate surface area is 192 Å². The molecule has 3 aromatic rings. The molecule has 0 bridgehead atoms. The summed E-state index contributed by atoms with van der Waals surface area (Å²) in [6, 6.07) is 3.93. The molecule has 1 fully saturated rings. The van der Waals surface area contributed by atoms with Gasteiger partial charge in [-0.05, 0) is 48.8 Å². The van der Waals surface area contributed by atoms with E-state index in [-0.39, 0.29) is 5.91 Å². The summed E-state index contributed by atoms with van der Waals surface area (Å²) in [7, 11) is 1.77. The number of rotatable bonds is 4. The second-order valence-corrected chi connectivity index (χ2v) is 10.3. The number of halogens is 1. The monoisotopic (exact) mass is 445 g/mol. The molecule has 1 amide bonds. The van der Waals surface area contributed by atoms with E-state index < -0.39 is 6.17 Å². The van der Waals surface area contributed by atoms with Gasteiger partial charge in [-0.1, -0.05) is 19.8 Å². The van der Waals surface area contributed by atoms with Crippen molar-refractivity contribution in [1.82, 2.24) is 24.6 Å². The van der Waals surface area contributed by atoms with Crippen molar-refractivity contribution in [3.8, 4) is 22.4 Å². The molecule has 6 rings (SSSR count). The Bertz CT molecular complexity index is 1260. The average Bonchev–Trinajstić information content (AvgIpc) is 3.58. The van der Waals surface area contributed by atoms with E-state index in [1.807, 2.05) is 16.9 Å². The van der Waals surface area contributed by atoms with Crippen LogP contribution in [-0.4, -0.2) is 37.6 Å². The Morgan fingerprint density at radius 3 is 2.79 bits per heavy atom. The molecule has 1 aliphatic heterocycles. The van der Waals surface area contributed by atoms with E-state index in [4.69, 9.17) is 4.98 Å². The molecule has 0 saturated heterocycles. The fourth-order valence-electron chi connectivity index (χ4n) is 5.70. The minimum absolute atomic E-state index is 0.0388. The normalized spacial score (nSPS) is 21.0. The van der Waals surface area contributed by atoms with E-state index in [0.29, 0.717) is 41.8 Å². The molecule has 6 nitrogen and oxygen atoms in total. The number of nitrogens with zero attached hydrogens (tertiary/aromatic N) is 5. The van der Waals surface area contributed by atoms with Crippen LogP contribution in [0.15, 0.2) is 30.7 Å². The van der Waals surface area contributed by atoms with Gasteiger partial charge < -0.3 is 4.90 Å². The molecule has 0 spiro atoms. The molecule has 2 aliphatic carbocycles. The van der Waals surface area contributed by atoms with Gasteiger partial charge in [0.2, 0.25) is 0 Å². The van der Waals surface area contributed by atoms with Crippen LogP contribution in [0.2, 0.25) is 0 Å². The number of pyridine rings is 2. The summed E-state index contributed by atoms with van der Waals surface area (Å²) in [6.45, 7) is 3.75. The predicted molar refractivity (Wildman–Crippen MR) is 123 cm³/mol. The maximum absolute atomic E-state index is 14.6. The molecule has 3 aromatic heterocycles. The maximum Gasteiger partial charge on any atom is 0.255 e. The van der Waals surface area contributed by atoms with Crippen LogP contribution in [0.5, 0.6) is 0 Å². The van der Waals surface area contributed by atoms with Crippen molar-refractivity contribution in [2.75, 3.05) is 7.05 Å². The molecule has 1 saturated carbocycles. The van der Waals surface area contributed by atoms with Gasteiger partial charge in [-0.15, -0.1) is 0 Å². The minimum atomic E-state index is -1.05. The lowest BCUT2D eigenvalue weighted by Gasteiger charge is -2.23. The van der Waals surface area contributed by atoms with Crippen LogP contribution in [0.1, 0.15) is 72.5 Å². The van der Waals surface area contributed by atoms with Gasteiger partial charge in [-0.3, -0.25) is 14.5 Å². The summed E-state index contributed by atoms with van der Waals surface area (Å²) in [5.74, 6) is -0.0388. The van der Waals surface area contributed by atoms with Crippen molar-refractivity contribution in [3.05, 3.63) is 53.2 Å². The molecule has 0 aromatic carbocycles. The van der Waals surface area contributed by atoms with Crippen molar-refractivity contribution >= 4 is 5.91 Å². The van der Waals surface area contributed by atoms with Gasteiger partial charge in [-0.2, -0.15) is 5.10 Å². The zero-order valence-corrected chi connectivity index (χ0v) is 19.1. The molecular formula is C26H28FN5O. The van der Waals surface area contributed by atoms with E-state index in [0.717, 1.165) is 34.5 Å². The molecule has 0 N–H and O–H groups in total. The first-order valence-corrected chi connectivity index (χ1v) is 11.9. The van der Waals surface area contributed by atoms with Crippen LogP contribution >= 0.6 is 0 Å². The highest BCUT2D eigenvalue weighted by Gasteiger charge is 2.31. The average molecular weight is 446 g/mol. The lowest BCUT2D eigenvalue weighted by atomic mass is 9.89. The molecule has 0 unspecified atom stereocenters.